The summed E-state index contributed by atoms with van der Waals surface area (Å²) in [6.07, 6.45) is 1.63. The third-order valence-corrected chi connectivity index (χ3v) is 2.47. The molecule has 0 atom stereocenters. The summed E-state index contributed by atoms with van der Waals surface area (Å²) in [4.78, 5) is 25.0. The Morgan fingerprint density at radius 3 is 2.65 bits per heavy atom. The maximum atomic E-state index is 11.5. The van der Waals surface area contributed by atoms with E-state index in [4.69, 9.17) is 0 Å². The monoisotopic (exact) mass is 228 g/mol. The Morgan fingerprint density at radius 1 is 1.18 bits per heavy atom. The number of benzene rings is 1. The van der Waals surface area contributed by atoms with E-state index in [1.54, 1.807) is 31.4 Å². The van der Waals surface area contributed by atoms with Crippen molar-refractivity contribution in [2.75, 3.05) is 7.05 Å². The summed E-state index contributed by atoms with van der Waals surface area (Å²) < 4.78 is 0. The minimum absolute atomic E-state index is 0.128. The predicted molar refractivity (Wildman–Crippen MR) is 65.9 cm³/mol. The van der Waals surface area contributed by atoms with Gasteiger partial charge in [0.2, 0.25) is 5.56 Å². The maximum absolute atomic E-state index is 11.5. The number of aromatic amines is 1. The zero-order chi connectivity index (χ0) is 12.3. The largest absolute Gasteiger partial charge is 0.355 e. The van der Waals surface area contributed by atoms with Gasteiger partial charge < -0.3 is 10.3 Å². The van der Waals surface area contributed by atoms with E-state index < -0.39 is 0 Å². The molecule has 0 radical (unpaired) electrons. The number of nitrogens with one attached hydrogen (secondary N) is 2. The lowest BCUT2D eigenvalue weighted by atomic mass is 10.0. The highest BCUT2D eigenvalue weighted by Crippen LogP contribution is 2.18. The average molecular weight is 228 g/mol. The Bertz CT molecular complexity index is 582. The van der Waals surface area contributed by atoms with E-state index >= 15 is 0 Å². The van der Waals surface area contributed by atoms with Gasteiger partial charge in [0, 0.05) is 24.9 Å². The molecule has 0 fully saturated rings. The molecule has 1 amide bonds. The number of H-pyrrole nitrogens is 1. The Hall–Kier alpha value is -2.36. The van der Waals surface area contributed by atoms with E-state index in [-0.39, 0.29) is 11.5 Å². The SMILES string of the molecule is CNC(=O)c1cccc(-c2ccc(=O)[nH]c2)c1. The van der Waals surface area contributed by atoms with Gasteiger partial charge in [0.15, 0.2) is 0 Å². The molecule has 1 heterocycles. The fraction of sp³-hybridized carbons (Fsp3) is 0.0769. The number of carbonyl (C=O) groups excluding carboxylic acids is 1. The van der Waals surface area contributed by atoms with Crippen LogP contribution in [0.3, 0.4) is 0 Å². The molecule has 2 rings (SSSR count). The van der Waals surface area contributed by atoms with Crippen LogP contribution in [0.5, 0.6) is 0 Å². The lowest BCUT2D eigenvalue weighted by Crippen LogP contribution is -2.17. The molecule has 1 aromatic carbocycles. The van der Waals surface area contributed by atoms with Gasteiger partial charge in [0.05, 0.1) is 0 Å². The topological polar surface area (TPSA) is 62.0 Å². The Balaban J connectivity index is 2.42. The van der Waals surface area contributed by atoms with Gasteiger partial charge in [0.25, 0.3) is 5.91 Å². The normalized spacial score (nSPS) is 9.94. The number of rotatable bonds is 2. The highest BCUT2D eigenvalue weighted by Gasteiger charge is 2.04. The zero-order valence-electron chi connectivity index (χ0n) is 9.36. The predicted octanol–water partition coefficient (Wildman–Crippen LogP) is 1.40. The maximum Gasteiger partial charge on any atom is 0.251 e. The van der Waals surface area contributed by atoms with Crippen molar-refractivity contribution >= 4 is 5.91 Å². The second kappa shape index (κ2) is 4.65. The van der Waals surface area contributed by atoms with Crippen molar-refractivity contribution in [2.24, 2.45) is 0 Å². The van der Waals surface area contributed by atoms with Crippen LogP contribution in [-0.2, 0) is 0 Å². The lowest BCUT2D eigenvalue weighted by molar-refractivity contribution is 0.0963. The number of hydrogen-bond donors (Lipinski definition) is 2. The third kappa shape index (κ3) is 2.42. The molecule has 0 saturated carbocycles. The van der Waals surface area contributed by atoms with E-state index in [1.165, 1.54) is 6.07 Å². The molecule has 17 heavy (non-hydrogen) atoms. The van der Waals surface area contributed by atoms with Crippen LogP contribution in [0.25, 0.3) is 11.1 Å². The standard InChI is InChI=1S/C13H12N2O2/c1-14-13(17)10-4-2-3-9(7-10)11-5-6-12(16)15-8-11/h2-8H,1H3,(H,14,17)(H,15,16). The molecular formula is C13H12N2O2. The second-order valence-corrected chi connectivity index (χ2v) is 3.60. The number of carbonyl (C=O) groups is 1. The van der Waals surface area contributed by atoms with Crippen LogP contribution in [0, 0.1) is 0 Å². The van der Waals surface area contributed by atoms with E-state index in [0.717, 1.165) is 11.1 Å². The van der Waals surface area contributed by atoms with Crippen molar-refractivity contribution in [1.29, 1.82) is 0 Å². The number of aromatic nitrogens is 1. The first-order valence-electron chi connectivity index (χ1n) is 5.22. The van der Waals surface area contributed by atoms with Crippen molar-refractivity contribution in [3.63, 3.8) is 0 Å². The first-order chi connectivity index (χ1) is 8.20. The molecule has 0 aliphatic carbocycles. The van der Waals surface area contributed by atoms with Crippen LogP contribution in [0.15, 0.2) is 47.4 Å². The molecule has 4 heteroatoms. The number of pyridine rings is 1. The molecular weight excluding hydrogens is 216 g/mol. The van der Waals surface area contributed by atoms with Crippen LogP contribution in [0.2, 0.25) is 0 Å². The Morgan fingerprint density at radius 2 is 2.00 bits per heavy atom. The van der Waals surface area contributed by atoms with Gasteiger partial charge in [-0.15, -0.1) is 0 Å². The summed E-state index contributed by atoms with van der Waals surface area (Å²) in [5.74, 6) is -0.128. The van der Waals surface area contributed by atoms with Crippen LogP contribution >= 0.6 is 0 Å². The van der Waals surface area contributed by atoms with Crippen LogP contribution < -0.4 is 10.9 Å². The van der Waals surface area contributed by atoms with Gasteiger partial charge in [-0.1, -0.05) is 12.1 Å². The van der Waals surface area contributed by atoms with Gasteiger partial charge in [-0.05, 0) is 29.3 Å². The van der Waals surface area contributed by atoms with E-state index in [2.05, 4.69) is 10.3 Å². The molecule has 0 aliphatic rings. The van der Waals surface area contributed by atoms with Crippen molar-refractivity contribution in [1.82, 2.24) is 10.3 Å². The highest BCUT2D eigenvalue weighted by molar-refractivity contribution is 5.95. The minimum Gasteiger partial charge on any atom is -0.355 e. The number of amides is 1. The summed E-state index contributed by atoms with van der Waals surface area (Å²) in [7, 11) is 1.59. The smallest absolute Gasteiger partial charge is 0.251 e. The molecule has 0 unspecified atom stereocenters. The highest BCUT2D eigenvalue weighted by atomic mass is 16.1. The molecule has 2 N–H and O–H groups in total. The van der Waals surface area contributed by atoms with Crippen molar-refractivity contribution < 1.29 is 4.79 Å². The van der Waals surface area contributed by atoms with Crippen molar-refractivity contribution in [3.05, 3.63) is 58.5 Å². The molecule has 86 valence electrons. The van der Waals surface area contributed by atoms with E-state index in [1.807, 2.05) is 12.1 Å². The Labute approximate surface area is 98.3 Å². The average Bonchev–Trinajstić information content (AvgIpc) is 2.39. The molecule has 2 aromatic rings. The first kappa shape index (κ1) is 11.1. The Kier molecular flexibility index (Phi) is 3.05. The second-order valence-electron chi connectivity index (χ2n) is 3.60. The fourth-order valence-corrected chi connectivity index (χ4v) is 1.57. The van der Waals surface area contributed by atoms with Crippen molar-refractivity contribution in [3.8, 4) is 11.1 Å². The van der Waals surface area contributed by atoms with Gasteiger partial charge in [-0.2, -0.15) is 0 Å². The molecule has 0 bridgehead atoms. The van der Waals surface area contributed by atoms with Crippen molar-refractivity contribution in [2.45, 2.75) is 0 Å². The summed E-state index contributed by atoms with van der Waals surface area (Å²) in [6, 6.07) is 10.4. The van der Waals surface area contributed by atoms with E-state index in [0.29, 0.717) is 5.56 Å². The summed E-state index contributed by atoms with van der Waals surface area (Å²) in [5, 5.41) is 2.57. The molecule has 4 nitrogen and oxygen atoms in total. The van der Waals surface area contributed by atoms with Gasteiger partial charge in [-0.25, -0.2) is 0 Å². The van der Waals surface area contributed by atoms with Gasteiger partial charge in [0.1, 0.15) is 0 Å². The summed E-state index contributed by atoms with van der Waals surface area (Å²) in [5.41, 5.74) is 2.21. The quantitative estimate of drug-likeness (QED) is 0.816. The van der Waals surface area contributed by atoms with Gasteiger partial charge in [-0.3, -0.25) is 9.59 Å². The van der Waals surface area contributed by atoms with Crippen LogP contribution in [-0.4, -0.2) is 17.9 Å². The van der Waals surface area contributed by atoms with Crippen LogP contribution in [0.1, 0.15) is 10.4 Å². The molecule has 0 aliphatic heterocycles. The fourth-order valence-electron chi connectivity index (χ4n) is 1.57. The first-order valence-corrected chi connectivity index (χ1v) is 5.22. The molecule has 0 spiro atoms. The summed E-state index contributed by atoms with van der Waals surface area (Å²) >= 11 is 0. The molecule has 0 saturated heterocycles. The summed E-state index contributed by atoms with van der Waals surface area (Å²) in [6.45, 7) is 0. The van der Waals surface area contributed by atoms with E-state index in [9.17, 15) is 9.59 Å². The molecule has 1 aromatic heterocycles. The number of hydrogen-bond acceptors (Lipinski definition) is 2. The van der Waals surface area contributed by atoms with Gasteiger partial charge >= 0.3 is 0 Å². The zero-order valence-corrected chi connectivity index (χ0v) is 9.36. The van der Waals surface area contributed by atoms with Crippen LogP contribution in [0.4, 0.5) is 0 Å². The minimum atomic E-state index is -0.142. The lowest BCUT2D eigenvalue weighted by Gasteiger charge is -2.04. The third-order valence-electron chi connectivity index (χ3n) is 2.47.